The average molecular weight is 319 g/mol. The summed E-state index contributed by atoms with van der Waals surface area (Å²) in [6.07, 6.45) is 21.3. The van der Waals surface area contributed by atoms with Gasteiger partial charge < -0.3 is 4.12 Å². The van der Waals surface area contributed by atoms with Crippen molar-refractivity contribution in [1.82, 2.24) is 0 Å². The molecule has 2 unspecified atom stereocenters. The monoisotopic (exact) mass is 318 g/mol. The summed E-state index contributed by atoms with van der Waals surface area (Å²) in [5.74, 6) is 0. The predicted molar refractivity (Wildman–Crippen MR) is 98.5 cm³/mol. The zero-order valence-corrected chi connectivity index (χ0v) is 16.0. The molecule has 0 heterocycles. The Morgan fingerprint density at radius 1 is 0.857 bits per heavy atom. The second-order valence-electron chi connectivity index (χ2n) is 6.15. The third-order valence-corrected chi connectivity index (χ3v) is 11.4. The van der Waals surface area contributed by atoms with E-state index < -0.39 is 18.1 Å². The van der Waals surface area contributed by atoms with Gasteiger partial charge in [0.1, 0.15) is 0 Å². The van der Waals surface area contributed by atoms with Crippen LogP contribution < -0.4 is 0 Å². The van der Waals surface area contributed by atoms with Crippen LogP contribution in [0.4, 0.5) is 0 Å². The van der Waals surface area contributed by atoms with E-state index in [4.69, 9.17) is 4.12 Å². The van der Waals surface area contributed by atoms with Crippen LogP contribution in [-0.4, -0.2) is 18.1 Å². The molecule has 0 radical (unpaired) electrons. The van der Waals surface area contributed by atoms with E-state index in [1.54, 1.807) is 10.4 Å². The van der Waals surface area contributed by atoms with Gasteiger partial charge in [-0.1, -0.05) is 86.4 Å². The molecule has 116 valence electrons. The van der Waals surface area contributed by atoms with Gasteiger partial charge in [-0.15, -0.1) is 0 Å². The molecule has 0 bridgehead atoms. The van der Waals surface area contributed by atoms with Crippen LogP contribution in [0.2, 0.25) is 12.1 Å². The molecule has 0 aliphatic heterocycles. The molecule has 2 aliphatic rings. The summed E-state index contributed by atoms with van der Waals surface area (Å²) in [6, 6.07) is 2.67. The minimum Gasteiger partial charge on any atom is -0.453 e. The molecule has 0 N–H and O–H groups in total. The maximum Gasteiger partial charge on any atom is 0.191 e. The molecule has 2 atom stereocenters. The summed E-state index contributed by atoms with van der Waals surface area (Å²) in [4.78, 5) is 0. The van der Waals surface area contributed by atoms with Crippen LogP contribution in [0.1, 0.15) is 52.4 Å². The smallest absolute Gasteiger partial charge is 0.191 e. The summed E-state index contributed by atoms with van der Waals surface area (Å²) in [6.45, 7) is 4.59. The largest absolute Gasteiger partial charge is 0.453 e. The molecule has 0 aromatic carbocycles. The Kier molecular flexibility index (Phi) is 7.47. The summed E-state index contributed by atoms with van der Waals surface area (Å²) >= 11 is 0. The van der Waals surface area contributed by atoms with Gasteiger partial charge in [0.05, 0.1) is 0 Å². The lowest BCUT2D eigenvalue weighted by atomic mass is 10.4. The highest BCUT2D eigenvalue weighted by molar-refractivity contribution is 6.74. The Hall–Kier alpha value is -0.646. The van der Waals surface area contributed by atoms with Gasteiger partial charge in [-0.3, -0.25) is 0 Å². The van der Waals surface area contributed by atoms with Crippen molar-refractivity contribution >= 4 is 18.1 Å². The van der Waals surface area contributed by atoms with Crippen molar-refractivity contribution in [2.24, 2.45) is 0 Å². The first kappa shape index (κ1) is 16.7. The minimum absolute atomic E-state index is 1.16. The molecule has 0 aromatic rings. The molecule has 0 fully saturated rings. The van der Waals surface area contributed by atoms with Crippen molar-refractivity contribution in [3.63, 3.8) is 0 Å². The average Bonchev–Trinajstić information content (AvgIpc) is 3.19. The lowest BCUT2D eigenvalue weighted by molar-refractivity contribution is 0.577. The molecular formula is C18H30OSi2. The molecule has 2 aliphatic carbocycles. The number of rotatable bonds is 10. The summed E-state index contributed by atoms with van der Waals surface area (Å²) < 4.78 is 6.88. The number of hydrogen-bond donors (Lipinski definition) is 0. The first-order valence-corrected chi connectivity index (χ1v) is 12.4. The Labute approximate surface area is 133 Å². The lowest BCUT2D eigenvalue weighted by Crippen LogP contribution is -2.32. The maximum absolute atomic E-state index is 6.88. The van der Waals surface area contributed by atoms with Gasteiger partial charge in [-0.2, -0.15) is 0 Å². The molecule has 0 saturated heterocycles. The molecule has 0 amide bonds. The second kappa shape index (κ2) is 9.39. The molecule has 21 heavy (non-hydrogen) atoms. The topological polar surface area (TPSA) is 9.23 Å². The van der Waals surface area contributed by atoms with Crippen LogP contribution in [0.3, 0.4) is 0 Å². The van der Waals surface area contributed by atoms with Gasteiger partial charge in [0, 0.05) is 0 Å². The highest BCUT2D eigenvalue weighted by Gasteiger charge is 2.25. The van der Waals surface area contributed by atoms with E-state index >= 15 is 0 Å². The molecule has 0 spiro atoms. The second-order valence-corrected chi connectivity index (χ2v) is 11.8. The quantitative estimate of drug-likeness (QED) is 0.520. The van der Waals surface area contributed by atoms with Crippen molar-refractivity contribution < 1.29 is 4.12 Å². The predicted octanol–water partition coefficient (Wildman–Crippen LogP) is 4.90. The normalized spacial score (nSPS) is 19.7. The molecule has 3 heteroatoms. The third kappa shape index (κ3) is 5.24. The van der Waals surface area contributed by atoms with Gasteiger partial charge in [0.25, 0.3) is 0 Å². The molecule has 0 saturated carbocycles. The Morgan fingerprint density at radius 3 is 1.67 bits per heavy atom. The van der Waals surface area contributed by atoms with Crippen molar-refractivity contribution in [2.45, 2.75) is 64.5 Å². The van der Waals surface area contributed by atoms with E-state index in [0.717, 1.165) is 12.8 Å². The van der Waals surface area contributed by atoms with E-state index in [9.17, 15) is 0 Å². The van der Waals surface area contributed by atoms with E-state index in [1.807, 2.05) is 0 Å². The first-order valence-electron chi connectivity index (χ1n) is 8.71. The van der Waals surface area contributed by atoms with Crippen LogP contribution in [0.25, 0.3) is 0 Å². The number of allylic oxidation sites excluding steroid dienone is 8. The van der Waals surface area contributed by atoms with E-state index in [2.05, 4.69) is 50.3 Å². The molecule has 2 rings (SSSR count). The van der Waals surface area contributed by atoms with Crippen LogP contribution in [0.5, 0.6) is 0 Å². The summed E-state index contributed by atoms with van der Waals surface area (Å²) in [7, 11) is -2.34. The van der Waals surface area contributed by atoms with Gasteiger partial charge in [0.2, 0.25) is 0 Å². The summed E-state index contributed by atoms with van der Waals surface area (Å²) in [5, 5.41) is 3.29. The number of unbranched alkanes of at least 4 members (excludes halogenated alkanes) is 2. The van der Waals surface area contributed by atoms with Crippen molar-refractivity contribution in [1.29, 1.82) is 0 Å². The van der Waals surface area contributed by atoms with Crippen molar-refractivity contribution in [3.05, 3.63) is 46.8 Å². The zero-order chi connectivity index (χ0) is 14.9. The Bertz CT molecular complexity index is 394. The van der Waals surface area contributed by atoms with Crippen LogP contribution >= 0.6 is 0 Å². The lowest BCUT2D eigenvalue weighted by Gasteiger charge is -2.25. The van der Waals surface area contributed by atoms with Gasteiger partial charge >= 0.3 is 0 Å². The SMILES string of the molecule is CCCC[SiH](O[SiH](CCCC)C1=CC=CC1)C1=CC=CC1. The Morgan fingerprint density at radius 2 is 1.33 bits per heavy atom. The number of hydrogen-bond acceptors (Lipinski definition) is 1. The maximum atomic E-state index is 6.88. The van der Waals surface area contributed by atoms with Crippen molar-refractivity contribution in [2.75, 3.05) is 0 Å². The van der Waals surface area contributed by atoms with Crippen LogP contribution in [0.15, 0.2) is 46.8 Å². The van der Waals surface area contributed by atoms with Crippen molar-refractivity contribution in [3.8, 4) is 0 Å². The van der Waals surface area contributed by atoms with Gasteiger partial charge in [-0.25, -0.2) is 0 Å². The highest BCUT2D eigenvalue weighted by Crippen LogP contribution is 2.25. The fourth-order valence-electron chi connectivity index (χ4n) is 3.06. The first-order chi connectivity index (χ1) is 10.3. The standard InChI is InChI=1S/C18H30OSi2/c1-3-5-15-20(17-11-7-8-12-17)19-21(16-6-4-2)18-13-9-10-14-18/h7-11,13,20-21H,3-6,12,14-16H2,1-2H3. The fourth-order valence-corrected chi connectivity index (χ4v) is 10.9. The highest BCUT2D eigenvalue weighted by atomic mass is 28.4. The molecule has 1 nitrogen and oxygen atoms in total. The zero-order valence-electron chi connectivity index (χ0n) is 13.7. The molecule has 0 aromatic heterocycles. The van der Waals surface area contributed by atoms with E-state index in [1.165, 1.54) is 37.8 Å². The van der Waals surface area contributed by atoms with Crippen LogP contribution in [0, 0.1) is 0 Å². The molecular weight excluding hydrogens is 288 g/mol. The third-order valence-electron chi connectivity index (χ3n) is 4.40. The minimum atomic E-state index is -1.17. The Balaban J connectivity index is 1.99. The van der Waals surface area contributed by atoms with E-state index in [0.29, 0.717) is 0 Å². The fraction of sp³-hybridized carbons (Fsp3) is 0.556. The van der Waals surface area contributed by atoms with Gasteiger partial charge in [-0.05, 0) is 24.9 Å². The summed E-state index contributed by atoms with van der Waals surface area (Å²) in [5.41, 5.74) is 0. The van der Waals surface area contributed by atoms with E-state index in [-0.39, 0.29) is 0 Å². The van der Waals surface area contributed by atoms with Crippen LogP contribution in [-0.2, 0) is 4.12 Å². The van der Waals surface area contributed by atoms with Gasteiger partial charge in [0.15, 0.2) is 18.1 Å².